The van der Waals surface area contributed by atoms with Gasteiger partial charge in [0.05, 0.1) is 11.0 Å². The number of hydrogen-bond acceptors (Lipinski definition) is 5. The van der Waals surface area contributed by atoms with Gasteiger partial charge in [0.2, 0.25) is 0 Å². The molecule has 0 atom stereocenters. The smallest absolute Gasteiger partial charge is 0.429 e. The van der Waals surface area contributed by atoms with E-state index in [4.69, 9.17) is 20.1 Å². The number of hydrogen-bond donors (Lipinski definition) is 6. The Labute approximate surface area is 90.8 Å². The van der Waals surface area contributed by atoms with Crippen molar-refractivity contribution in [2.75, 3.05) is 0 Å². The van der Waals surface area contributed by atoms with Crippen molar-refractivity contribution >= 4 is 31.3 Å². The fraction of sp³-hybridized carbons (Fsp3) is 0. The molecule has 0 unspecified atom stereocenters. The molecule has 83 valence electrons. The van der Waals surface area contributed by atoms with Gasteiger partial charge in [-0.25, -0.2) is 4.79 Å². The SMILES string of the molecule is O=c1[nH]c2ccc(B(O)O)cc2[nH]1.O[B]O. The zero-order chi connectivity index (χ0) is 12.1. The molecule has 0 spiro atoms. The second-order valence-electron chi connectivity index (χ2n) is 2.87. The summed E-state index contributed by atoms with van der Waals surface area (Å²) in [6.07, 6.45) is 0. The predicted molar refractivity (Wildman–Crippen MR) is 58.9 cm³/mol. The molecule has 1 aromatic carbocycles. The fourth-order valence-electron chi connectivity index (χ4n) is 1.21. The molecule has 1 aromatic heterocycles. The molecule has 0 aliphatic heterocycles. The van der Waals surface area contributed by atoms with E-state index in [0.717, 1.165) is 0 Å². The van der Waals surface area contributed by atoms with Crippen LogP contribution in [0.15, 0.2) is 23.0 Å². The summed E-state index contributed by atoms with van der Waals surface area (Å²) in [5, 5.41) is 31.7. The molecular weight excluding hydrogens is 214 g/mol. The van der Waals surface area contributed by atoms with Crippen molar-refractivity contribution in [2.24, 2.45) is 0 Å². The largest absolute Gasteiger partial charge is 0.488 e. The highest BCUT2D eigenvalue weighted by Gasteiger charge is 2.11. The summed E-state index contributed by atoms with van der Waals surface area (Å²) < 4.78 is 0. The van der Waals surface area contributed by atoms with Gasteiger partial charge in [-0.1, -0.05) is 6.07 Å². The highest BCUT2D eigenvalue weighted by atomic mass is 16.4. The first-order chi connectivity index (χ1) is 7.58. The molecule has 0 saturated carbocycles. The molecule has 7 nitrogen and oxygen atoms in total. The maximum absolute atomic E-state index is 10.8. The van der Waals surface area contributed by atoms with E-state index in [1.54, 1.807) is 6.07 Å². The zero-order valence-electron chi connectivity index (χ0n) is 8.08. The molecule has 0 aliphatic carbocycles. The maximum atomic E-state index is 10.8. The summed E-state index contributed by atoms with van der Waals surface area (Å²) in [6.45, 7) is 0. The van der Waals surface area contributed by atoms with Crippen molar-refractivity contribution in [3.05, 3.63) is 28.7 Å². The zero-order valence-corrected chi connectivity index (χ0v) is 8.08. The van der Waals surface area contributed by atoms with E-state index >= 15 is 0 Å². The molecule has 0 saturated heterocycles. The molecule has 0 fully saturated rings. The van der Waals surface area contributed by atoms with Crippen molar-refractivity contribution in [2.45, 2.75) is 0 Å². The van der Waals surface area contributed by atoms with Gasteiger partial charge in [0.15, 0.2) is 0 Å². The monoisotopic (exact) mass is 223 g/mol. The van der Waals surface area contributed by atoms with Crippen LogP contribution < -0.4 is 11.2 Å². The third-order valence-electron chi connectivity index (χ3n) is 1.84. The first kappa shape index (κ1) is 12.5. The Morgan fingerprint density at radius 1 is 1.12 bits per heavy atom. The van der Waals surface area contributed by atoms with Gasteiger partial charge in [-0.2, -0.15) is 0 Å². The van der Waals surface area contributed by atoms with Gasteiger partial charge in [-0.3, -0.25) is 0 Å². The Morgan fingerprint density at radius 3 is 2.25 bits per heavy atom. The highest BCUT2D eigenvalue weighted by Crippen LogP contribution is 2.02. The number of H-pyrrole nitrogens is 2. The van der Waals surface area contributed by atoms with Gasteiger partial charge in [-0.05, 0) is 17.6 Å². The lowest BCUT2D eigenvalue weighted by Gasteiger charge is -1.97. The first-order valence-corrected chi connectivity index (χ1v) is 4.26. The minimum absolute atomic E-state index is 0. The first-order valence-electron chi connectivity index (χ1n) is 4.26. The van der Waals surface area contributed by atoms with E-state index < -0.39 is 7.12 Å². The number of benzene rings is 1. The van der Waals surface area contributed by atoms with Crippen LogP contribution in [0.1, 0.15) is 0 Å². The number of imidazole rings is 1. The van der Waals surface area contributed by atoms with Crippen LogP contribution in [0.5, 0.6) is 0 Å². The average molecular weight is 223 g/mol. The van der Waals surface area contributed by atoms with Gasteiger partial charge in [0, 0.05) is 0 Å². The quantitative estimate of drug-likeness (QED) is 0.287. The van der Waals surface area contributed by atoms with Crippen LogP contribution in [-0.4, -0.2) is 44.9 Å². The van der Waals surface area contributed by atoms with Gasteiger partial charge >= 0.3 is 20.5 Å². The summed E-state index contributed by atoms with van der Waals surface area (Å²) in [7, 11) is -1.51. The summed E-state index contributed by atoms with van der Waals surface area (Å²) in [5.41, 5.74) is 1.26. The van der Waals surface area contributed by atoms with Crippen LogP contribution in [0.4, 0.5) is 0 Å². The van der Waals surface area contributed by atoms with Gasteiger partial charge in [0.25, 0.3) is 0 Å². The molecular formula is C7H9B2N2O5. The Morgan fingerprint density at radius 2 is 1.69 bits per heavy atom. The highest BCUT2D eigenvalue weighted by molar-refractivity contribution is 6.58. The summed E-state index contributed by atoms with van der Waals surface area (Å²) >= 11 is 0. The van der Waals surface area contributed by atoms with E-state index in [0.29, 0.717) is 16.5 Å². The average Bonchev–Trinajstić information content (AvgIpc) is 2.57. The second-order valence-corrected chi connectivity index (χ2v) is 2.87. The predicted octanol–water partition coefficient (Wildman–Crippen LogP) is -2.96. The molecule has 0 bridgehead atoms. The Hall–Kier alpha value is -1.54. The van der Waals surface area contributed by atoms with Crippen LogP contribution in [0.3, 0.4) is 0 Å². The summed E-state index contributed by atoms with van der Waals surface area (Å²) in [4.78, 5) is 15.9. The number of rotatable bonds is 1. The van der Waals surface area contributed by atoms with Crippen LogP contribution in [0.25, 0.3) is 11.0 Å². The number of nitrogens with one attached hydrogen (secondary N) is 2. The minimum Gasteiger partial charge on any atom is -0.429 e. The van der Waals surface area contributed by atoms with Crippen molar-refractivity contribution in [3.63, 3.8) is 0 Å². The van der Waals surface area contributed by atoms with Crippen LogP contribution in [-0.2, 0) is 0 Å². The molecule has 6 N–H and O–H groups in total. The van der Waals surface area contributed by atoms with Crippen molar-refractivity contribution in [1.82, 2.24) is 9.97 Å². The third-order valence-corrected chi connectivity index (χ3v) is 1.84. The van der Waals surface area contributed by atoms with Crippen molar-refractivity contribution in [3.8, 4) is 0 Å². The molecule has 16 heavy (non-hydrogen) atoms. The van der Waals surface area contributed by atoms with Gasteiger partial charge < -0.3 is 30.1 Å². The van der Waals surface area contributed by atoms with Gasteiger partial charge in [-0.15, -0.1) is 0 Å². The second kappa shape index (κ2) is 5.52. The van der Waals surface area contributed by atoms with E-state index in [-0.39, 0.29) is 13.4 Å². The maximum Gasteiger partial charge on any atom is 0.488 e. The topological polar surface area (TPSA) is 130 Å². The van der Waals surface area contributed by atoms with Crippen LogP contribution in [0, 0.1) is 0 Å². The molecule has 2 rings (SSSR count). The molecule has 0 aliphatic rings. The van der Waals surface area contributed by atoms with E-state index in [1.165, 1.54) is 12.1 Å². The van der Waals surface area contributed by atoms with Crippen LogP contribution >= 0.6 is 0 Å². The normalized spacial score (nSPS) is 9.50. The van der Waals surface area contributed by atoms with Crippen LogP contribution in [0.2, 0.25) is 0 Å². The van der Waals surface area contributed by atoms with E-state index in [9.17, 15) is 4.79 Å². The Kier molecular flexibility index (Phi) is 4.32. The van der Waals surface area contributed by atoms with Crippen molar-refractivity contribution < 1.29 is 20.1 Å². The molecule has 0 amide bonds. The number of fused-ring (bicyclic) bond motifs is 1. The Bertz CT molecular complexity index is 509. The lowest BCUT2D eigenvalue weighted by molar-refractivity contribution is 0.426. The molecule has 2 aromatic rings. The fourth-order valence-corrected chi connectivity index (χ4v) is 1.21. The molecule has 1 heterocycles. The third kappa shape index (κ3) is 2.97. The number of aromatic amines is 2. The van der Waals surface area contributed by atoms with E-state index in [1.807, 2.05) is 0 Å². The summed E-state index contributed by atoms with van der Waals surface area (Å²) in [5.74, 6) is 0. The lowest BCUT2D eigenvalue weighted by Crippen LogP contribution is -2.29. The van der Waals surface area contributed by atoms with Gasteiger partial charge in [0.1, 0.15) is 0 Å². The van der Waals surface area contributed by atoms with E-state index in [2.05, 4.69) is 9.97 Å². The summed E-state index contributed by atoms with van der Waals surface area (Å²) in [6, 6.07) is 4.66. The molecule has 9 heteroatoms. The Balaban J connectivity index is 0.000000386. The lowest BCUT2D eigenvalue weighted by atomic mass is 9.80. The van der Waals surface area contributed by atoms with Crippen molar-refractivity contribution in [1.29, 1.82) is 0 Å². The standard InChI is InChI=1S/C7H7BN2O3.BH2O2/c11-7-9-5-2-1-4(8(12)13)3-6(5)10-7;2-1-3/h1-3,12-13H,(H2,9,10,11);2-3H. The number of aromatic nitrogens is 2. The molecule has 1 radical (unpaired) electrons. The minimum atomic E-state index is -1.51.